The predicted molar refractivity (Wildman–Crippen MR) is 100.0 cm³/mol. The topological polar surface area (TPSA) is 49.7 Å². The molecule has 2 N–H and O–H groups in total. The maximum Gasteiger partial charge on any atom is 0.124 e. The Kier molecular flexibility index (Phi) is 4.13. The second-order valence-corrected chi connectivity index (χ2v) is 12.6. The quantitative estimate of drug-likeness (QED) is 0.644. The smallest absolute Gasteiger partial charge is 0.124 e. The number of ether oxygens (including phenoxy) is 1. The van der Waals surface area contributed by atoms with Crippen LogP contribution in [-0.4, -0.2) is 47.6 Å². The molecular weight excluding hydrogens is 319 g/mol. The number of phenols is 1. The van der Waals surface area contributed by atoms with Gasteiger partial charge in [0, 0.05) is 37.4 Å². The van der Waals surface area contributed by atoms with E-state index in [1.807, 2.05) is 12.1 Å². The zero-order valence-electron chi connectivity index (χ0n) is 14.4. The van der Waals surface area contributed by atoms with Gasteiger partial charge in [0.05, 0.1) is 24.6 Å². The number of phenolic OH excluding ortho intramolecular Hbond substituents is 1. The van der Waals surface area contributed by atoms with Crippen LogP contribution in [0.25, 0.3) is 0 Å². The lowest BCUT2D eigenvalue weighted by Crippen LogP contribution is -2.29. The van der Waals surface area contributed by atoms with Crippen LogP contribution in [-0.2, 0) is 6.42 Å². The van der Waals surface area contributed by atoms with E-state index in [4.69, 9.17) is 4.74 Å². The summed E-state index contributed by atoms with van der Waals surface area (Å²) in [6, 6.07) is 3.64. The third kappa shape index (κ3) is 2.66. The normalized spacial score (nSPS) is 34.8. The fraction of sp³-hybridized carbons (Fsp3) is 0.600. The van der Waals surface area contributed by atoms with Gasteiger partial charge in [-0.05, 0) is 37.3 Å². The number of aliphatic hydroxyl groups excluding tert-OH is 1. The highest BCUT2D eigenvalue weighted by Gasteiger charge is 2.49. The molecule has 1 aromatic carbocycles. The summed E-state index contributed by atoms with van der Waals surface area (Å²) >= 11 is 0. The molecule has 1 aliphatic carbocycles. The van der Waals surface area contributed by atoms with Crippen molar-refractivity contribution in [2.24, 2.45) is 5.92 Å². The highest BCUT2D eigenvalue weighted by Crippen LogP contribution is 2.67. The summed E-state index contributed by atoms with van der Waals surface area (Å²) in [5, 5.41) is 20.7. The van der Waals surface area contributed by atoms with Gasteiger partial charge in [-0.25, -0.2) is 0 Å². The van der Waals surface area contributed by atoms with Gasteiger partial charge in [0.25, 0.3) is 0 Å². The molecule has 130 valence electrons. The standard InChI is InChI=1S/C20H27O3P/c1-3-18-15-8-9-24(2,12-13-4-5-13)14(11-21)10-16-17(22)6-7-19(23-18)20(15)16/h3,6-7,13-15,18,21H,1,4-5,8-12H2,2H3/p+1/t14?,15-,18?,24?/m0/s1. The zero-order valence-corrected chi connectivity index (χ0v) is 15.3. The first-order chi connectivity index (χ1) is 11.6. The van der Waals surface area contributed by atoms with E-state index in [2.05, 4.69) is 13.2 Å². The van der Waals surface area contributed by atoms with Gasteiger partial charge in [0.2, 0.25) is 0 Å². The number of benzene rings is 1. The van der Waals surface area contributed by atoms with E-state index in [0.717, 1.165) is 30.1 Å². The summed E-state index contributed by atoms with van der Waals surface area (Å²) in [7, 11) is -1.23. The fourth-order valence-electron chi connectivity index (χ4n) is 4.73. The summed E-state index contributed by atoms with van der Waals surface area (Å²) in [5.41, 5.74) is 2.50. The molecular formula is C20H28O3P+. The van der Waals surface area contributed by atoms with Crippen molar-refractivity contribution in [3.8, 4) is 11.5 Å². The Balaban J connectivity index is 1.76. The number of hydrogen-bond donors (Lipinski definition) is 2. The van der Waals surface area contributed by atoms with Crippen LogP contribution in [0.2, 0.25) is 0 Å². The molecule has 0 bridgehead atoms. The lowest BCUT2D eigenvalue weighted by atomic mass is 9.87. The van der Waals surface area contributed by atoms with E-state index in [0.29, 0.717) is 17.3 Å². The summed E-state index contributed by atoms with van der Waals surface area (Å²) in [5.74, 6) is 2.45. The fourth-order valence-corrected chi connectivity index (χ4v) is 9.01. The molecule has 0 aromatic heterocycles. The van der Waals surface area contributed by atoms with Gasteiger partial charge in [0.15, 0.2) is 0 Å². The van der Waals surface area contributed by atoms with Crippen molar-refractivity contribution in [3.05, 3.63) is 35.9 Å². The minimum Gasteiger partial charge on any atom is -0.508 e. The molecule has 1 aromatic rings. The molecule has 0 amide bonds. The Morgan fingerprint density at radius 2 is 2.12 bits per heavy atom. The van der Waals surface area contributed by atoms with Crippen LogP contribution < -0.4 is 4.74 Å². The second kappa shape index (κ2) is 6.04. The van der Waals surface area contributed by atoms with Crippen molar-refractivity contribution in [2.75, 3.05) is 25.6 Å². The summed E-state index contributed by atoms with van der Waals surface area (Å²) in [6.45, 7) is 6.65. The molecule has 4 heteroatoms. The van der Waals surface area contributed by atoms with Gasteiger partial charge < -0.3 is 14.9 Å². The first-order valence-electron chi connectivity index (χ1n) is 9.14. The molecule has 24 heavy (non-hydrogen) atoms. The minimum absolute atomic E-state index is 0.0144. The number of hydrogen-bond acceptors (Lipinski definition) is 3. The third-order valence-electron chi connectivity index (χ3n) is 6.41. The van der Waals surface area contributed by atoms with Crippen molar-refractivity contribution >= 4 is 7.26 Å². The van der Waals surface area contributed by atoms with Crippen molar-refractivity contribution in [2.45, 2.75) is 43.4 Å². The molecule has 2 aliphatic heterocycles. The molecule has 3 nitrogen and oxygen atoms in total. The van der Waals surface area contributed by atoms with Gasteiger partial charge in [0.1, 0.15) is 17.6 Å². The Hall–Kier alpha value is -1.05. The van der Waals surface area contributed by atoms with E-state index in [9.17, 15) is 10.2 Å². The van der Waals surface area contributed by atoms with Crippen LogP contribution in [0.3, 0.4) is 0 Å². The molecule has 0 radical (unpaired) electrons. The van der Waals surface area contributed by atoms with E-state index in [1.165, 1.54) is 30.7 Å². The zero-order chi connectivity index (χ0) is 16.9. The Morgan fingerprint density at radius 1 is 1.33 bits per heavy atom. The number of aromatic hydroxyl groups is 1. The molecule has 4 rings (SSSR count). The van der Waals surface area contributed by atoms with E-state index in [-0.39, 0.29) is 12.7 Å². The molecule has 3 unspecified atom stereocenters. The highest BCUT2D eigenvalue weighted by molar-refractivity contribution is 7.75. The molecule has 1 saturated carbocycles. The summed E-state index contributed by atoms with van der Waals surface area (Å²) < 4.78 is 6.10. The second-order valence-electron chi connectivity index (χ2n) is 8.06. The SMILES string of the molecule is C=CC1Oc2ccc(O)c3c2[C@H]1CC[P+](C)(CC1CC1)C(CO)C3. The van der Waals surface area contributed by atoms with Crippen LogP contribution in [0.1, 0.15) is 36.3 Å². The number of aliphatic hydroxyl groups is 1. The van der Waals surface area contributed by atoms with Gasteiger partial charge in [-0.15, -0.1) is 0 Å². The molecule has 2 heterocycles. The van der Waals surface area contributed by atoms with Crippen molar-refractivity contribution in [1.82, 2.24) is 0 Å². The first kappa shape index (κ1) is 16.4. The molecule has 0 spiro atoms. The maximum absolute atomic E-state index is 10.5. The minimum atomic E-state index is -1.23. The van der Waals surface area contributed by atoms with Crippen molar-refractivity contribution < 1.29 is 14.9 Å². The highest BCUT2D eigenvalue weighted by atomic mass is 31.2. The molecule has 1 fully saturated rings. The van der Waals surface area contributed by atoms with E-state index >= 15 is 0 Å². The van der Waals surface area contributed by atoms with Crippen LogP contribution in [0.5, 0.6) is 11.5 Å². The van der Waals surface area contributed by atoms with E-state index < -0.39 is 7.26 Å². The van der Waals surface area contributed by atoms with Crippen LogP contribution >= 0.6 is 7.26 Å². The average Bonchev–Trinajstić information content (AvgIpc) is 3.29. The van der Waals surface area contributed by atoms with Crippen molar-refractivity contribution in [3.63, 3.8) is 0 Å². The summed E-state index contributed by atoms with van der Waals surface area (Å²) in [4.78, 5) is 0. The predicted octanol–water partition coefficient (Wildman–Crippen LogP) is 3.79. The number of rotatable bonds is 4. The Bertz CT molecular complexity index is 655. The lowest BCUT2D eigenvalue weighted by Gasteiger charge is -2.35. The van der Waals surface area contributed by atoms with Crippen LogP contribution in [0, 0.1) is 5.92 Å². The Morgan fingerprint density at radius 3 is 2.79 bits per heavy atom. The van der Waals surface area contributed by atoms with Crippen LogP contribution in [0.4, 0.5) is 0 Å². The largest absolute Gasteiger partial charge is 0.508 e. The van der Waals surface area contributed by atoms with Gasteiger partial charge in [-0.2, -0.15) is 0 Å². The van der Waals surface area contributed by atoms with Crippen LogP contribution in [0.15, 0.2) is 24.8 Å². The van der Waals surface area contributed by atoms with Gasteiger partial charge in [-0.1, -0.05) is 12.7 Å². The van der Waals surface area contributed by atoms with Gasteiger partial charge >= 0.3 is 0 Å². The first-order valence-corrected chi connectivity index (χ1v) is 11.8. The average molecular weight is 347 g/mol. The van der Waals surface area contributed by atoms with Crippen molar-refractivity contribution in [1.29, 1.82) is 0 Å². The van der Waals surface area contributed by atoms with Gasteiger partial charge in [-0.3, -0.25) is 0 Å². The monoisotopic (exact) mass is 347 g/mol. The molecule has 4 atom stereocenters. The van der Waals surface area contributed by atoms with E-state index in [1.54, 1.807) is 6.07 Å². The third-order valence-corrected chi connectivity index (χ3v) is 11.1. The molecule has 3 aliphatic rings. The maximum atomic E-state index is 10.5. The lowest BCUT2D eigenvalue weighted by molar-refractivity contribution is 0.253. The molecule has 0 saturated heterocycles. The Labute approximate surface area is 145 Å². The summed E-state index contributed by atoms with van der Waals surface area (Å²) in [6.07, 6.45) is 9.03.